The van der Waals surface area contributed by atoms with Gasteiger partial charge in [-0.25, -0.2) is 0 Å². The Morgan fingerprint density at radius 3 is 2.04 bits per heavy atom. The van der Waals surface area contributed by atoms with Gasteiger partial charge in [-0.2, -0.15) is 26.3 Å². The Hall–Kier alpha value is -1.19. The summed E-state index contributed by atoms with van der Waals surface area (Å²) in [6.07, 6.45) is -8.73. The van der Waals surface area contributed by atoms with Crippen LogP contribution in [0.25, 0.3) is 0 Å². The van der Waals surface area contributed by atoms with Crippen molar-refractivity contribution in [3.63, 3.8) is 0 Å². The molecular formula is C14H19ClF6N2O. The average molecular weight is 381 g/mol. The monoisotopic (exact) mass is 380 g/mol. The van der Waals surface area contributed by atoms with Gasteiger partial charge in [0.05, 0.1) is 18.2 Å². The zero-order valence-corrected chi connectivity index (χ0v) is 13.6. The lowest BCUT2D eigenvalue weighted by molar-refractivity contribution is -0.143. The van der Waals surface area contributed by atoms with E-state index in [0.717, 1.165) is 7.11 Å². The summed E-state index contributed by atoms with van der Waals surface area (Å²) in [4.78, 5) is 0. The number of hydrogen-bond donors (Lipinski definition) is 2. The fourth-order valence-electron chi connectivity index (χ4n) is 2.23. The van der Waals surface area contributed by atoms with Gasteiger partial charge in [-0.05, 0) is 31.5 Å². The van der Waals surface area contributed by atoms with Crippen LogP contribution in [0.3, 0.4) is 0 Å². The maximum atomic E-state index is 13.2. The maximum absolute atomic E-state index is 13.2. The summed E-state index contributed by atoms with van der Waals surface area (Å²) in [7, 11) is 1.01. The van der Waals surface area contributed by atoms with E-state index in [-0.39, 0.29) is 24.9 Å². The molecule has 0 heterocycles. The Morgan fingerprint density at radius 2 is 1.62 bits per heavy atom. The van der Waals surface area contributed by atoms with Crippen LogP contribution in [0.4, 0.5) is 26.3 Å². The molecule has 0 saturated heterocycles. The van der Waals surface area contributed by atoms with E-state index in [4.69, 9.17) is 16.2 Å². The molecule has 0 spiro atoms. The van der Waals surface area contributed by atoms with Crippen molar-refractivity contribution >= 4 is 12.4 Å². The van der Waals surface area contributed by atoms with Crippen LogP contribution < -0.4 is 16.2 Å². The summed E-state index contributed by atoms with van der Waals surface area (Å²) in [6.45, 7) is 0.350. The summed E-state index contributed by atoms with van der Waals surface area (Å²) in [6, 6.07) is -0.496. The van der Waals surface area contributed by atoms with Crippen LogP contribution in [0.5, 0.6) is 5.75 Å². The van der Waals surface area contributed by atoms with E-state index in [2.05, 4.69) is 0 Å². The minimum absolute atomic E-state index is 0. The zero-order chi connectivity index (χ0) is 17.8. The molecule has 0 aliphatic heterocycles. The van der Waals surface area contributed by atoms with Crippen molar-refractivity contribution in [1.82, 2.24) is 0 Å². The van der Waals surface area contributed by atoms with Crippen molar-refractivity contribution in [2.24, 2.45) is 11.5 Å². The second kappa shape index (κ2) is 8.77. The van der Waals surface area contributed by atoms with Crippen LogP contribution in [0, 0.1) is 0 Å². The molecule has 0 aliphatic carbocycles. The van der Waals surface area contributed by atoms with Gasteiger partial charge in [0.15, 0.2) is 0 Å². The Bertz CT molecular complexity index is 533. The quantitative estimate of drug-likeness (QED) is 0.572. The number of rotatable bonds is 6. The molecule has 0 saturated carbocycles. The highest BCUT2D eigenvalue weighted by molar-refractivity contribution is 5.85. The van der Waals surface area contributed by atoms with Gasteiger partial charge in [0.25, 0.3) is 0 Å². The van der Waals surface area contributed by atoms with Gasteiger partial charge < -0.3 is 16.2 Å². The number of hydrogen-bond acceptors (Lipinski definition) is 3. The van der Waals surface area contributed by atoms with E-state index < -0.39 is 40.8 Å². The zero-order valence-electron chi connectivity index (χ0n) is 12.8. The molecule has 1 aromatic carbocycles. The van der Waals surface area contributed by atoms with Crippen LogP contribution in [0.1, 0.15) is 42.0 Å². The number of methoxy groups -OCH3 is 1. The van der Waals surface area contributed by atoms with E-state index in [1.54, 1.807) is 0 Å². The normalized spacial score (nSPS) is 13.4. The standard InChI is InChI=1S/C14H18F6N2O.ClH/c1-23-11-7-8(13(15,16)17)6-9(14(18,19)20)12(11)10(22)4-2-3-5-21;/h6-7,10H,2-5,21-22H2,1H3;1H/t10-;/m1./s1. The maximum Gasteiger partial charge on any atom is 0.416 e. The Kier molecular flexibility index (Phi) is 8.34. The summed E-state index contributed by atoms with van der Waals surface area (Å²) in [5.74, 6) is -0.521. The highest BCUT2D eigenvalue weighted by Gasteiger charge is 2.40. The van der Waals surface area contributed by atoms with E-state index >= 15 is 0 Å². The molecule has 1 rings (SSSR count). The predicted octanol–water partition coefficient (Wildman–Crippen LogP) is 4.28. The number of halogens is 7. The first-order valence-corrected chi connectivity index (χ1v) is 6.84. The van der Waals surface area contributed by atoms with Crippen molar-refractivity contribution < 1.29 is 31.1 Å². The van der Waals surface area contributed by atoms with Crippen molar-refractivity contribution in [2.45, 2.75) is 37.7 Å². The van der Waals surface area contributed by atoms with Crippen LogP contribution in [0.2, 0.25) is 0 Å². The SMILES string of the molecule is COc1cc(C(F)(F)F)cc(C(F)(F)F)c1[C@H](N)CCCCN.Cl. The van der Waals surface area contributed by atoms with Crippen LogP contribution in [-0.2, 0) is 12.4 Å². The van der Waals surface area contributed by atoms with Gasteiger partial charge in [-0.15, -0.1) is 12.4 Å². The highest BCUT2D eigenvalue weighted by atomic mass is 35.5. The number of ether oxygens (including phenoxy) is 1. The summed E-state index contributed by atoms with van der Waals surface area (Å²) in [5, 5.41) is 0. The Labute approximate surface area is 141 Å². The third kappa shape index (κ3) is 5.71. The molecule has 1 atom stereocenters. The van der Waals surface area contributed by atoms with E-state index in [1.165, 1.54) is 0 Å². The second-order valence-corrected chi connectivity index (χ2v) is 5.03. The average Bonchev–Trinajstić information content (AvgIpc) is 2.44. The smallest absolute Gasteiger partial charge is 0.416 e. The molecule has 4 N–H and O–H groups in total. The van der Waals surface area contributed by atoms with Crippen LogP contribution in [0.15, 0.2) is 12.1 Å². The predicted molar refractivity (Wildman–Crippen MR) is 80.1 cm³/mol. The van der Waals surface area contributed by atoms with Crippen molar-refractivity contribution in [3.8, 4) is 5.75 Å². The molecule has 1 aromatic rings. The third-order valence-electron chi connectivity index (χ3n) is 3.33. The minimum Gasteiger partial charge on any atom is -0.496 e. The van der Waals surface area contributed by atoms with Crippen molar-refractivity contribution in [2.75, 3.05) is 13.7 Å². The molecular weight excluding hydrogens is 362 g/mol. The minimum atomic E-state index is -4.98. The van der Waals surface area contributed by atoms with E-state index in [0.29, 0.717) is 25.5 Å². The molecule has 0 amide bonds. The number of benzene rings is 1. The molecule has 24 heavy (non-hydrogen) atoms. The largest absolute Gasteiger partial charge is 0.496 e. The molecule has 0 radical (unpaired) electrons. The van der Waals surface area contributed by atoms with Gasteiger partial charge in [0.2, 0.25) is 0 Å². The molecule has 0 aromatic heterocycles. The van der Waals surface area contributed by atoms with Gasteiger partial charge in [0, 0.05) is 11.6 Å². The number of nitrogens with two attached hydrogens (primary N) is 2. The van der Waals surface area contributed by atoms with E-state index in [9.17, 15) is 26.3 Å². The lowest BCUT2D eigenvalue weighted by Crippen LogP contribution is -2.21. The van der Waals surface area contributed by atoms with Gasteiger partial charge in [0.1, 0.15) is 5.75 Å². The Balaban J connectivity index is 0.00000529. The Morgan fingerprint density at radius 1 is 1.04 bits per heavy atom. The topological polar surface area (TPSA) is 61.3 Å². The fourth-order valence-corrected chi connectivity index (χ4v) is 2.23. The lowest BCUT2D eigenvalue weighted by atomic mass is 9.93. The molecule has 0 bridgehead atoms. The summed E-state index contributed by atoms with van der Waals surface area (Å²) >= 11 is 0. The molecule has 10 heteroatoms. The number of alkyl halides is 6. The molecule has 140 valence electrons. The molecule has 0 fully saturated rings. The third-order valence-corrected chi connectivity index (χ3v) is 3.33. The summed E-state index contributed by atoms with van der Waals surface area (Å²) < 4.78 is 82.6. The van der Waals surface area contributed by atoms with Crippen molar-refractivity contribution in [3.05, 3.63) is 28.8 Å². The van der Waals surface area contributed by atoms with E-state index in [1.807, 2.05) is 0 Å². The van der Waals surface area contributed by atoms with Gasteiger partial charge >= 0.3 is 12.4 Å². The first-order chi connectivity index (χ1) is 10.5. The van der Waals surface area contributed by atoms with Crippen LogP contribution in [-0.4, -0.2) is 13.7 Å². The van der Waals surface area contributed by atoms with Crippen molar-refractivity contribution in [1.29, 1.82) is 0 Å². The molecule has 3 nitrogen and oxygen atoms in total. The molecule has 0 unspecified atom stereocenters. The first-order valence-electron chi connectivity index (χ1n) is 6.84. The molecule has 0 aliphatic rings. The van der Waals surface area contributed by atoms with Crippen LogP contribution >= 0.6 is 12.4 Å². The lowest BCUT2D eigenvalue weighted by Gasteiger charge is -2.23. The first kappa shape index (κ1) is 22.8. The highest BCUT2D eigenvalue weighted by Crippen LogP contribution is 2.43. The van der Waals surface area contributed by atoms with Gasteiger partial charge in [-0.3, -0.25) is 0 Å². The second-order valence-electron chi connectivity index (χ2n) is 5.03. The van der Waals surface area contributed by atoms with Gasteiger partial charge in [-0.1, -0.05) is 6.42 Å². The number of unbranched alkanes of at least 4 members (excludes halogenated alkanes) is 1. The fraction of sp³-hybridized carbons (Fsp3) is 0.571. The summed E-state index contributed by atoms with van der Waals surface area (Å²) in [5.41, 5.74) is 7.75.